The Labute approximate surface area is 108 Å². The highest BCUT2D eigenvalue weighted by Gasteiger charge is 2.23. The Morgan fingerprint density at radius 1 is 1.33 bits per heavy atom. The maximum absolute atomic E-state index is 10.9. The molecule has 0 saturated heterocycles. The number of benzene rings is 1. The molecular formula is C15H20O3. The first-order valence-electron chi connectivity index (χ1n) is 6.58. The monoisotopic (exact) mass is 248 g/mol. The van der Waals surface area contributed by atoms with Crippen molar-refractivity contribution in [3.05, 3.63) is 29.3 Å². The second-order valence-corrected chi connectivity index (χ2v) is 5.20. The smallest absolute Gasteiger partial charge is 0.335 e. The average Bonchev–Trinajstić information content (AvgIpc) is 2.32. The van der Waals surface area contributed by atoms with Crippen LogP contribution in [0.2, 0.25) is 0 Å². The van der Waals surface area contributed by atoms with E-state index >= 15 is 0 Å². The maximum Gasteiger partial charge on any atom is 0.335 e. The van der Waals surface area contributed by atoms with Gasteiger partial charge in [0.15, 0.2) is 0 Å². The molecule has 2 rings (SSSR count). The summed E-state index contributed by atoms with van der Waals surface area (Å²) in [4.78, 5) is 10.9. The van der Waals surface area contributed by atoms with Crippen LogP contribution in [0.15, 0.2) is 18.2 Å². The molecule has 0 bridgehead atoms. The summed E-state index contributed by atoms with van der Waals surface area (Å²) in [5.41, 5.74) is 1.10. The molecule has 2 unspecified atom stereocenters. The second kappa shape index (κ2) is 5.42. The molecule has 1 aliphatic rings. The van der Waals surface area contributed by atoms with Gasteiger partial charge >= 0.3 is 5.97 Å². The quantitative estimate of drug-likeness (QED) is 0.888. The van der Waals surface area contributed by atoms with E-state index in [1.807, 2.05) is 6.07 Å². The van der Waals surface area contributed by atoms with Crippen LogP contribution < -0.4 is 4.74 Å². The van der Waals surface area contributed by atoms with Gasteiger partial charge < -0.3 is 9.84 Å². The van der Waals surface area contributed by atoms with Crippen LogP contribution in [0.1, 0.15) is 48.5 Å². The molecule has 18 heavy (non-hydrogen) atoms. The van der Waals surface area contributed by atoms with Crippen LogP contribution in [0.5, 0.6) is 5.75 Å². The lowest BCUT2D eigenvalue weighted by molar-refractivity contribution is 0.0696. The van der Waals surface area contributed by atoms with E-state index in [1.54, 1.807) is 19.1 Å². The van der Waals surface area contributed by atoms with Crippen molar-refractivity contribution in [3.8, 4) is 5.75 Å². The third-order valence-electron chi connectivity index (χ3n) is 3.75. The molecule has 3 heteroatoms. The Hall–Kier alpha value is -1.51. The first kappa shape index (κ1) is 12.9. The Bertz CT molecular complexity index is 439. The van der Waals surface area contributed by atoms with Crippen LogP contribution >= 0.6 is 0 Å². The largest absolute Gasteiger partial charge is 0.490 e. The number of aryl methyl sites for hydroxylation is 1. The van der Waals surface area contributed by atoms with Crippen molar-refractivity contribution < 1.29 is 14.6 Å². The molecule has 0 aliphatic heterocycles. The van der Waals surface area contributed by atoms with Gasteiger partial charge in [-0.25, -0.2) is 4.79 Å². The molecule has 1 aliphatic carbocycles. The molecule has 0 radical (unpaired) electrons. The molecule has 0 heterocycles. The van der Waals surface area contributed by atoms with E-state index in [-0.39, 0.29) is 6.10 Å². The van der Waals surface area contributed by atoms with Crippen molar-refractivity contribution >= 4 is 5.97 Å². The lowest BCUT2D eigenvalue weighted by atomic mass is 9.88. The minimum Gasteiger partial charge on any atom is -0.490 e. The number of ether oxygens (including phenoxy) is 1. The molecule has 98 valence electrons. The van der Waals surface area contributed by atoms with E-state index < -0.39 is 5.97 Å². The van der Waals surface area contributed by atoms with Crippen LogP contribution in [-0.2, 0) is 0 Å². The Morgan fingerprint density at radius 3 is 2.67 bits per heavy atom. The fourth-order valence-corrected chi connectivity index (χ4v) is 2.58. The van der Waals surface area contributed by atoms with E-state index in [2.05, 4.69) is 6.92 Å². The van der Waals surface area contributed by atoms with Gasteiger partial charge in [-0.15, -0.1) is 0 Å². The highest BCUT2D eigenvalue weighted by Crippen LogP contribution is 2.28. The summed E-state index contributed by atoms with van der Waals surface area (Å²) in [5.74, 6) is 0.486. The molecule has 2 atom stereocenters. The van der Waals surface area contributed by atoms with Crippen molar-refractivity contribution in [1.82, 2.24) is 0 Å². The average molecular weight is 248 g/mol. The van der Waals surface area contributed by atoms with E-state index in [9.17, 15) is 4.79 Å². The highest BCUT2D eigenvalue weighted by atomic mass is 16.5. The number of carbonyl (C=O) groups is 1. The van der Waals surface area contributed by atoms with E-state index in [4.69, 9.17) is 9.84 Å². The first-order valence-corrected chi connectivity index (χ1v) is 6.58. The van der Waals surface area contributed by atoms with Gasteiger partial charge in [-0.1, -0.05) is 13.3 Å². The van der Waals surface area contributed by atoms with Crippen molar-refractivity contribution in [2.75, 3.05) is 0 Å². The van der Waals surface area contributed by atoms with Gasteiger partial charge in [0.25, 0.3) is 0 Å². The Balaban J connectivity index is 2.10. The van der Waals surface area contributed by atoms with Gasteiger partial charge in [0.05, 0.1) is 5.56 Å². The fraction of sp³-hybridized carbons (Fsp3) is 0.533. The van der Waals surface area contributed by atoms with Crippen LogP contribution in [0.3, 0.4) is 0 Å². The van der Waals surface area contributed by atoms with Gasteiger partial charge in [-0.3, -0.25) is 0 Å². The SMILES string of the molecule is Cc1cc(OC2CCCCC2C)ccc1C(=O)O. The molecule has 1 aromatic rings. The van der Waals surface area contributed by atoms with Crippen LogP contribution in [0.25, 0.3) is 0 Å². The highest BCUT2D eigenvalue weighted by molar-refractivity contribution is 5.89. The number of carboxylic acid groups (broad SMARTS) is 1. The summed E-state index contributed by atoms with van der Waals surface area (Å²) in [6, 6.07) is 5.21. The molecule has 0 spiro atoms. The van der Waals surface area contributed by atoms with Gasteiger partial charge in [0.2, 0.25) is 0 Å². The topological polar surface area (TPSA) is 46.5 Å². The summed E-state index contributed by atoms with van der Waals surface area (Å²) in [5, 5.41) is 8.98. The lowest BCUT2D eigenvalue weighted by Crippen LogP contribution is -2.28. The van der Waals surface area contributed by atoms with Gasteiger partial charge in [0.1, 0.15) is 11.9 Å². The minimum absolute atomic E-state index is 0.272. The number of carboxylic acids is 1. The molecule has 1 saturated carbocycles. The molecule has 0 amide bonds. The third kappa shape index (κ3) is 2.84. The summed E-state index contributed by atoms with van der Waals surface area (Å²) in [7, 11) is 0. The first-order chi connectivity index (χ1) is 8.58. The predicted molar refractivity (Wildman–Crippen MR) is 70.2 cm³/mol. The van der Waals surface area contributed by atoms with Crippen LogP contribution in [0.4, 0.5) is 0 Å². The molecular weight excluding hydrogens is 228 g/mol. The second-order valence-electron chi connectivity index (χ2n) is 5.20. The molecule has 3 nitrogen and oxygen atoms in total. The Morgan fingerprint density at radius 2 is 2.06 bits per heavy atom. The van der Waals surface area contributed by atoms with Crippen LogP contribution in [0, 0.1) is 12.8 Å². The fourth-order valence-electron chi connectivity index (χ4n) is 2.58. The zero-order valence-electron chi connectivity index (χ0n) is 11.0. The summed E-state index contributed by atoms with van der Waals surface area (Å²) in [6.45, 7) is 4.03. The predicted octanol–water partition coefficient (Wildman–Crippen LogP) is 3.65. The van der Waals surface area contributed by atoms with E-state index in [0.29, 0.717) is 11.5 Å². The van der Waals surface area contributed by atoms with Gasteiger partial charge in [0, 0.05) is 0 Å². The number of hydrogen-bond acceptors (Lipinski definition) is 2. The normalized spacial score (nSPS) is 23.7. The van der Waals surface area contributed by atoms with Gasteiger partial charge in [-0.05, 0) is 55.9 Å². The zero-order chi connectivity index (χ0) is 13.1. The molecule has 0 aromatic heterocycles. The molecule has 1 N–H and O–H groups in total. The summed E-state index contributed by atoms with van der Waals surface area (Å²) >= 11 is 0. The lowest BCUT2D eigenvalue weighted by Gasteiger charge is -2.29. The van der Waals surface area contributed by atoms with Crippen molar-refractivity contribution in [2.24, 2.45) is 5.92 Å². The van der Waals surface area contributed by atoms with Gasteiger partial charge in [-0.2, -0.15) is 0 Å². The number of hydrogen-bond donors (Lipinski definition) is 1. The van der Waals surface area contributed by atoms with E-state index in [1.165, 1.54) is 19.3 Å². The van der Waals surface area contributed by atoms with Crippen molar-refractivity contribution in [1.29, 1.82) is 0 Å². The summed E-state index contributed by atoms with van der Waals surface area (Å²) < 4.78 is 5.99. The zero-order valence-corrected chi connectivity index (χ0v) is 11.0. The Kier molecular flexibility index (Phi) is 3.90. The maximum atomic E-state index is 10.9. The van der Waals surface area contributed by atoms with Crippen molar-refractivity contribution in [3.63, 3.8) is 0 Å². The standard InChI is InChI=1S/C15H20O3/c1-10-5-3-4-6-14(10)18-12-7-8-13(15(16)17)11(2)9-12/h7-10,14H,3-6H2,1-2H3,(H,16,17). The molecule has 1 fully saturated rings. The third-order valence-corrected chi connectivity index (χ3v) is 3.75. The minimum atomic E-state index is -0.884. The van der Waals surface area contributed by atoms with E-state index in [0.717, 1.165) is 17.7 Å². The summed E-state index contributed by atoms with van der Waals surface area (Å²) in [6.07, 6.45) is 5.10. The van der Waals surface area contributed by atoms with Crippen LogP contribution in [-0.4, -0.2) is 17.2 Å². The number of aromatic carboxylic acids is 1. The van der Waals surface area contributed by atoms with Crippen molar-refractivity contribution in [2.45, 2.75) is 45.6 Å². The number of rotatable bonds is 3. The molecule has 1 aromatic carbocycles.